The highest BCUT2D eigenvalue weighted by molar-refractivity contribution is 9.10. The number of benzene rings is 1. The summed E-state index contributed by atoms with van der Waals surface area (Å²) >= 11 is 3.56. The molecule has 2 N–H and O–H groups in total. The summed E-state index contributed by atoms with van der Waals surface area (Å²) in [5.74, 6) is -3.65. The van der Waals surface area contributed by atoms with Gasteiger partial charge in [-0.2, -0.15) is 0 Å². The van der Waals surface area contributed by atoms with Gasteiger partial charge < -0.3 is 14.9 Å². The van der Waals surface area contributed by atoms with Crippen LogP contribution in [0.4, 0.5) is 0 Å². The van der Waals surface area contributed by atoms with Crippen LogP contribution >= 0.6 is 15.9 Å². The fourth-order valence-corrected chi connectivity index (χ4v) is 4.30. The number of rotatable bonds is 3. The monoisotopic (exact) mass is 456 g/mol. The Labute approximate surface area is 174 Å². The lowest BCUT2D eigenvalue weighted by molar-refractivity contribution is -0.159. The van der Waals surface area contributed by atoms with Gasteiger partial charge in [0.25, 0.3) is 0 Å². The van der Waals surface area contributed by atoms with E-state index in [0.717, 1.165) is 25.7 Å². The largest absolute Gasteiger partial charge is 0.473 e. The van der Waals surface area contributed by atoms with Crippen LogP contribution in [0, 0.1) is 0 Å². The lowest BCUT2D eigenvalue weighted by Crippen LogP contribution is -2.53. The van der Waals surface area contributed by atoms with Crippen molar-refractivity contribution >= 4 is 27.9 Å². The third-order valence-electron chi connectivity index (χ3n) is 5.00. The van der Waals surface area contributed by atoms with Crippen LogP contribution in [0.15, 0.2) is 28.7 Å². The Kier molecular flexibility index (Phi) is 8.88. The molecule has 1 aromatic rings. The van der Waals surface area contributed by atoms with Crippen molar-refractivity contribution in [2.75, 3.05) is 26.2 Å². The molecule has 2 atom stereocenters. The van der Waals surface area contributed by atoms with Crippen molar-refractivity contribution in [2.24, 2.45) is 0 Å². The topological polar surface area (TPSA) is 90.3 Å². The summed E-state index contributed by atoms with van der Waals surface area (Å²) in [4.78, 5) is 23.4. The highest BCUT2D eigenvalue weighted by atomic mass is 79.9. The molecular formula is C20H29BrN2O5. The van der Waals surface area contributed by atoms with Crippen molar-refractivity contribution in [2.45, 2.75) is 51.5 Å². The second-order valence-corrected chi connectivity index (χ2v) is 8.37. The molecule has 0 amide bonds. The van der Waals surface area contributed by atoms with Crippen LogP contribution in [-0.2, 0) is 20.9 Å². The Balaban J connectivity index is 0.000000409. The number of nitrogens with zero attached hydrogens (tertiary/aromatic N) is 2. The Morgan fingerprint density at radius 2 is 1.68 bits per heavy atom. The number of morpholine rings is 1. The third-order valence-corrected chi connectivity index (χ3v) is 5.49. The minimum Gasteiger partial charge on any atom is -0.473 e. The van der Waals surface area contributed by atoms with Crippen LogP contribution in [0.1, 0.15) is 32.3 Å². The zero-order chi connectivity index (χ0) is 20.7. The fraction of sp³-hybridized carbons (Fsp3) is 0.600. The van der Waals surface area contributed by atoms with Crippen molar-refractivity contribution in [3.63, 3.8) is 0 Å². The van der Waals surface area contributed by atoms with Gasteiger partial charge in [-0.3, -0.25) is 9.80 Å². The van der Waals surface area contributed by atoms with Gasteiger partial charge in [0, 0.05) is 30.1 Å². The first-order chi connectivity index (χ1) is 13.2. The van der Waals surface area contributed by atoms with Gasteiger partial charge in [-0.1, -0.05) is 28.1 Å². The average molecular weight is 457 g/mol. The summed E-state index contributed by atoms with van der Waals surface area (Å²) in [6, 6.07) is 9.42. The molecule has 0 spiro atoms. The van der Waals surface area contributed by atoms with Crippen LogP contribution in [0.25, 0.3) is 0 Å². The Morgan fingerprint density at radius 1 is 1.11 bits per heavy atom. The van der Waals surface area contributed by atoms with Crippen molar-refractivity contribution in [1.29, 1.82) is 0 Å². The van der Waals surface area contributed by atoms with Gasteiger partial charge in [0.2, 0.25) is 0 Å². The van der Waals surface area contributed by atoms with Crippen LogP contribution in [-0.4, -0.2) is 76.4 Å². The molecule has 0 saturated carbocycles. The minimum absolute atomic E-state index is 0.378. The number of piperidine rings is 1. The number of aliphatic carboxylic acids is 2. The number of hydrogen-bond donors (Lipinski definition) is 2. The van der Waals surface area contributed by atoms with E-state index in [2.05, 4.69) is 63.8 Å². The Hall–Kier alpha value is -1.48. The van der Waals surface area contributed by atoms with E-state index in [4.69, 9.17) is 24.5 Å². The molecule has 2 heterocycles. The van der Waals surface area contributed by atoms with Crippen molar-refractivity contribution in [1.82, 2.24) is 9.80 Å². The fourth-order valence-electron chi connectivity index (χ4n) is 3.85. The molecule has 0 bridgehead atoms. The molecule has 2 aliphatic rings. The van der Waals surface area contributed by atoms with Crippen LogP contribution in [0.3, 0.4) is 0 Å². The number of halogens is 1. The maximum atomic E-state index is 9.10. The molecule has 8 heteroatoms. The maximum Gasteiger partial charge on any atom is 0.414 e. The van der Waals surface area contributed by atoms with Gasteiger partial charge in [-0.15, -0.1) is 0 Å². The third kappa shape index (κ3) is 7.50. The van der Waals surface area contributed by atoms with Crippen molar-refractivity contribution in [3.05, 3.63) is 34.3 Å². The standard InChI is InChI=1S/C18H27BrN2O.C2H2O4/c1-14-11-21(12-15(2)22-14)18-6-8-20(9-7-18)13-16-4-3-5-17(19)10-16;3-1(4)2(5)6/h3-5,10,14-15,18H,6-9,11-13H2,1-2H3;(H,3,4)(H,5,6). The number of likely N-dealkylation sites (tertiary alicyclic amines) is 1. The first-order valence-corrected chi connectivity index (χ1v) is 10.4. The number of carboxylic acids is 2. The van der Waals surface area contributed by atoms with Gasteiger partial charge in [-0.25, -0.2) is 9.59 Å². The summed E-state index contributed by atoms with van der Waals surface area (Å²) in [5.41, 5.74) is 1.40. The maximum absolute atomic E-state index is 9.10. The number of carbonyl (C=O) groups is 2. The average Bonchev–Trinajstić information content (AvgIpc) is 2.62. The molecule has 7 nitrogen and oxygen atoms in total. The van der Waals surface area contributed by atoms with Crippen molar-refractivity contribution < 1.29 is 24.5 Å². The van der Waals surface area contributed by atoms with Gasteiger partial charge in [0.1, 0.15) is 0 Å². The molecule has 0 aromatic heterocycles. The quantitative estimate of drug-likeness (QED) is 0.675. The van der Waals surface area contributed by atoms with E-state index in [0.29, 0.717) is 12.2 Å². The second kappa shape index (κ2) is 10.9. The van der Waals surface area contributed by atoms with E-state index < -0.39 is 11.9 Å². The molecule has 2 saturated heterocycles. The predicted octanol–water partition coefficient (Wildman–Crippen LogP) is 2.68. The molecule has 2 aliphatic heterocycles. The number of hydrogen-bond acceptors (Lipinski definition) is 5. The van der Waals surface area contributed by atoms with Crippen LogP contribution < -0.4 is 0 Å². The molecule has 1 aromatic carbocycles. The van der Waals surface area contributed by atoms with Crippen LogP contribution in [0.2, 0.25) is 0 Å². The Bertz CT molecular complexity index is 642. The summed E-state index contributed by atoms with van der Waals surface area (Å²) in [5, 5.41) is 14.8. The minimum atomic E-state index is -1.82. The first kappa shape index (κ1) is 22.8. The lowest BCUT2D eigenvalue weighted by atomic mass is 10.0. The summed E-state index contributed by atoms with van der Waals surface area (Å²) in [6.45, 7) is 10.1. The number of carboxylic acid groups (broad SMARTS) is 2. The SMILES string of the molecule is CC1CN(C2CCN(Cc3cccc(Br)c3)CC2)CC(C)O1.O=C(O)C(=O)O. The van der Waals surface area contributed by atoms with E-state index in [1.54, 1.807) is 0 Å². The molecule has 0 radical (unpaired) electrons. The first-order valence-electron chi connectivity index (χ1n) is 9.57. The molecule has 156 valence electrons. The summed E-state index contributed by atoms with van der Waals surface area (Å²) < 4.78 is 7.04. The molecule has 2 fully saturated rings. The highest BCUT2D eigenvalue weighted by Crippen LogP contribution is 2.23. The lowest BCUT2D eigenvalue weighted by Gasteiger charge is -2.43. The summed E-state index contributed by atoms with van der Waals surface area (Å²) in [6.07, 6.45) is 3.33. The van der Waals surface area contributed by atoms with E-state index in [-0.39, 0.29) is 0 Å². The highest BCUT2D eigenvalue weighted by Gasteiger charge is 2.30. The molecule has 2 unspecified atom stereocenters. The van der Waals surface area contributed by atoms with E-state index in [1.807, 2.05) is 0 Å². The van der Waals surface area contributed by atoms with E-state index in [1.165, 1.54) is 36.0 Å². The van der Waals surface area contributed by atoms with E-state index >= 15 is 0 Å². The van der Waals surface area contributed by atoms with Gasteiger partial charge in [0.05, 0.1) is 12.2 Å². The van der Waals surface area contributed by atoms with Gasteiger partial charge in [0.15, 0.2) is 0 Å². The zero-order valence-electron chi connectivity index (χ0n) is 16.4. The summed E-state index contributed by atoms with van der Waals surface area (Å²) in [7, 11) is 0. The Morgan fingerprint density at radius 3 is 2.18 bits per heavy atom. The van der Waals surface area contributed by atoms with Gasteiger partial charge >= 0.3 is 11.9 Å². The predicted molar refractivity (Wildman–Crippen MR) is 109 cm³/mol. The van der Waals surface area contributed by atoms with Crippen molar-refractivity contribution in [3.8, 4) is 0 Å². The van der Waals surface area contributed by atoms with E-state index in [9.17, 15) is 0 Å². The number of ether oxygens (including phenoxy) is 1. The molecular weight excluding hydrogens is 428 g/mol. The molecule has 0 aliphatic carbocycles. The second-order valence-electron chi connectivity index (χ2n) is 7.46. The van der Waals surface area contributed by atoms with Crippen LogP contribution in [0.5, 0.6) is 0 Å². The molecule has 3 rings (SSSR count). The zero-order valence-corrected chi connectivity index (χ0v) is 18.0. The normalized spacial score (nSPS) is 24.2. The van der Waals surface area contributed by atoms with Gasteiger partial charge in [-0.05, 0) is 57.5 Å². The smallest absolute Gasteiger partial charge is 0.414 e. The molecule has 28 heavy (non-hydrogen) atoms.